The zero-order valence-corrected chi connectivity index (χ0v) is 19.3. The summed E-state index contributed by atoms with van der Waals surface area (Å²) in [5.74, 6) is 0.947. The highest BCUT2D eigenvalue weighted by Crippen LogP contribution is 2.18. The first-order valence-electron chi connectivity index (χ1n) is 10.2. The first-order chi connectivity index (χ1) is 11.7. The first-order valence-corrected chi connectivity index (χ1v) is 10.2. The molecule has 1 heterocycles. The largest absolute Gasteiger partial charge is 0.356 e. The molecule has 6 heteroatoms. The predicted molar refractivity (Wildman–Crippen MR) is 121 cm³/mol. The van der Waals surface area contributed by atoms with E-state index in [9.17, 15) is 0 Å². The third-order valence-corrected chi connectivity index (χ3v) is 5.22. The van der Waals surface area contributed by atoms with Crippen LogP contribution in [0.15, 0.2) is 4.99 Å². The van der Waals surface area contributed by atoms with Crippen LogP contribution in [0.25, 0.3) is 0 Å². The lowest BCUT2D eigenvalue weighted by Crippen LogP contribution is -2.46. The first kappa shape index (κ1) is 24.9. The molecule has 0 saturated carbocycles. The summed E-state index contributed by atoms with van der Waals surface area (Å²) >= 11 is 0. The maximum absolute atomic E-state index is 4.34. The van der Waals surface area contributed by atoms with Crippen LogP contribution in [0.4, 0.5) is 0 Å². The van der Waals surface area contributed by atoms with Gasteiger partial charge in [0.15, 0.2) is 5.96 Å². The van der Waals surface area contributed by atoms with Gasteiger partial charge in [0.1, 0.15) is 0 Å². The summed E-state index contributed by atoms with van der Waals surface area (Å²) < 4.78 is 0. The Kier molecular flexibility index (Phi) is 16.1. The molecular formula is C19H42IN5. The van der Waals surface area contributed by atoms with Crippen LogP contribution in [0, 0.1) is 0 Å². The number of hydrogen-bond acceptors (Lipinski definition) is 3. The van der Waals surface area contributed by atoms with Gasteiger partial charge in [-0.25, -0.2) is 0 Å². The fraction of sp³-hybridized carbons (Fsp3) is 0.947. The number of likely N-dealkylation sites (tertiary alicyclic amines) is 1. The van der Waals surface area contributed by atoms with Crippen molar-refractivity contribution in [3.63, 3.8) is 0 Å². The summed E-state index contributed by atoms with van der Waals surface area (Å²) in [7, 11) is 1.86. The lowest BCUT2D eigenvalue weighted by Gasteiger charge is -2.35. The molecular weight excluding hydrogens is 425 g/mol. The maximum Gasteiger partial charge on any atom is 0.191 e. The minimum Gasteiger partial charge on any atom is -0.356 e. The minimum absolute atomic E-state index is 0. The van der Waals surface area contributed by atoms with Gasteiger partial charge in [-0.05, 0) is 58.3 Å². The molecule has 1 aliphatic heterocycles. The predicted octanol–water partition coefficient (Wildman–Crippen LogP) is 3.16. The fourth-order valence-electron chi connectivity index (χ4n) is 3.56. The second kappa shape index (κ2) is 16.1. The molecule has 0 aromatic carbocycles. The normalized spacial score (nSPS) is 18.9. The number of halogens is 1. The van der Waals surface area contributed by atoms with Crippen LogP contribution < -0.4 is 10.6 Å². The van der Waals surface area contributed by atoms with Gasteiger partial charge in [0.25, 0.3) is 0 Å². The maximum atomic E-state index is 4.34. The van der Waals surface area contributed by atoms with E-state index >= 15 is 0 Å². The quantitative estimate of drug-likeness (QED) is 0.212. The molecule has 0 spiro atoms. The third kappa shape index (κ3) is 10.6. The lowest BCUT2D eigenvalue weighted by atomic mass is 10.0. The monoisotopic (exact) mass is 467 g/mol. The van der Waals surface area contributed by atoms with E-state index in [1.807, 2.05) is 7.05 Å². The fourth-order valence-corrected chi connectivity index (χ4v) is 3.56. The molecule has 0 aliphatic carbocycles. The number of hydrogen-bond donors (Lipinski definition) is 2. The molecule has 1 unspecified atom stereocenters. The van der Waals surface area contributed by atoms with E-state index < -0.39 is 0 Å². The van der Waals surface area contributed by atoms with E-state index in [0.29, 0.717) is 0 Å². The highest BCUT2D eigenvalue weighted by atomic mass is 127. The number of unbranched alkanes of at least 4 members (excludes halogenated alkanes) is 1. The number of nitrogens with zero attached hydrogens (tertiary/aromatic N) is 3. The minimum atomic E-state index is 0. The van der Waals surface area contributed by atoms with Crippen LogP contribution >= 0.6 is 24.0 Å². The zero-order chi connectivity index (χ0) is 17.6. The Bertz CT molecular complexity index is 334. The van der Waals surface area contributed by atoms with Crippen molar-refractivity contribution in [3.8, 4) is 0 Å². The molecule has 1 atom stereocenters. The van der Waals surface area contributed by atoms with Crippen molar-refractivity contribution in [1.29, 1.82) is 0 Å². The van der Waals surface area contributed by atoms with Crippen LogP contribution in [-0.2, 0) is 0 Å². The SMILES string of the molecule is CCC1CCCCN1CCNC(=NC)NCCCCN(CC)CC.I. The summed E-state index contributed by atoms with van der Waals surface area (Å²) in [5.41, 5.74) is 0. The van der Waals surface area contributed by atoms with E-state index in [1.54, 1.807) is 0 Å². The number of nitrogens with one attached hydrogen (secondary N) is 2. The second-order valence-electron chi connectivity index (χ2n) is 6.75. The van der Waals surface area contributed by atoms with E-state index in [4.69, 9.17) is 0 Å². The number of aliphatic imine (C=N–C) groups is 1. The van der Waals surface area contributed by atoms with Crippen molar-refractivity contribution < 1.29 is 0 Å². The molecule has 0 aromatic heterocycles. The van der Waals surface area contributed by atoms with Crippen LogP contribution in [0.2, 0.25) is 0 Å². The van der Waals surface area contributed by atoms with Gasteiger partial charge in [-0.3, -0.25) is 9.89 Å². The molecule has 1 aliphatic rings. The summed E-state index contributed by atoms with van der Waals surface area (Å²) in [4.78, 5) is 9.47. The average Bonchev–Trinajstić information content (AvgIpc) is 2.63. The molecule has 1 fully saturated rings. The topological polar surface area (TPSA) is 42.9 Å². The highest BCUT2D eigenvalue weighted by Gasteiger charge is 2.19. The van der Waals surface area contributed by atoms with Gasteiger partial charge < -0.3 is 15.5 Å². The average molecular weight is 467 g/mol. The Morgan fingerprint density at radius 3 is 2.44 bits per heavy atom. The summed E-state index contributed by atoms with van der Waals surface area (Å²) in [6.07, 6.45) is 7.85. The van der Waals surface area contributed by atoms with Crippen LogP contribution in [-0.4, -0.2) is 74.7 Å². The van der Waals surface area contributed by atoms with E-state index in [1.165, 1.54) is 51.6 Å². The van der Waals surface area contributed by atoms with Gasteiger partial charge in [0.05, 0.1) is 0 Å². The Hall–Kier alpha value is -0.0800. The molecule has 150 valence electrons. The van der Waals surface area contributed by atoms with Crippen molar-refractivity contribution >= 4 is 29.9 Å². The van der Waals surface area contributed by atoms with E-state index in [-0.39, 0.29) is 24.0 Å². The van der Waals surface area contributed by atoms with Gasteiger partial charge in [-0.15, -0.1) is 24.0 Å². The number of guanidine groups is 1. The van der Waals surface area contributed by atoms with Gasteiger partial charge in [-0.1, -0.05) is 27.2 Å². The van der Waals surface area contributed by atoms with Gasteiger partial charge in [0.2, 0.25) is 0 Å². The summed E-state index contributed by atoms with van der Waals surface area (Å²) in [6, 6.07) is 0.788. The van der Waals surface area contributed by atoms with Crippen LogP contribution in [0.3, 0.4) is 0 Å². The van der Waals surface area contributed by atoms with Crippen molar-refractivity contribution in [1.82, 2.24) is 20.4 Å². The Labute approximate surface area is 173 Å². The Balaban J connectivity index is 0.00000576. The van der Waals surface area contributed by atoms with Crippen molar-refractivity contribution in [2.24, 2.45) is 4.99 Å². The van der Waals surface area contributed by atoms with E-state index in [2.05, 4.69) is 46.2 Å². The summed E-state index contributed by atoms with van der Waals surface area (Å²) in [5, 5.41) is 6.91. The molecule has 5 nitrogen and oxygen atoms in total. The molecule has 1 saturated heterocycles. The van der Waals surface area contributed by atoms with E-state index in [0.717, 1.165) is 44.7 Å². The third-order valence-electron chi connectivity index (χ3n) is 5.22. The number of piperidine rings is 1. The molecule has 1 rings (SSSR count). The zero-order valence-electron chi connectivity index (χ0n) is 17.0. The van der Waals surface area contributed by atoms with Crippen LogP contribution in [0.5, 0.6) is 0 Å². The molecule has 0 aromatic rings. The smallest absolute Gasteiger partial charge is 0.191 e. The van der Waals surface area contributed by atoms with Crippen molar-refractivity contribution in [2.45, 2.75) is 65.3 Å². The Morgan fingerprint density at radius 1 is 1.08 bits per heavy atom. The lowest BCUT2D eigenvalue weighted by molar-refractivity contribution is 0.147. The second-order valence-corrected chi connectivity index (χ2v) is 6.75. The van der Waals surface area contributed by atoms with Gasteiger partial charge in [0, 0.05) is 32.7 Å². The molecule has 0 radical (unpaired) electrons. The molecule has 0 bridgehead atoms. The van der Waals surface area contributed by atoms with Gasteiger partial charge >= 0.3 is 0 Å². The van der Waals surface area contributed by atoms with Gasteiger partial charge in [-0.2, -0.15) is 0 Å². The molecule has 0 amide bonds. The van der Waals surface area contributed by atoms with Crippen LogP contribution in [0.1, 0.15) is 59.3 Å². The Morgan fingerprint density at radius 2 is 1.80 bits per heavy atom. The number of rotatable bonds is 11. The highest BCUT2D eigenvalue weighted by molar-refractivity contribution is 14.0. The van der Waals surface area contributed by atoms with Crippen molar-refractivity contribution in [2.75, 3.05) is 52.9 Å². The molecule has 25 heavy (non-hydrogen) atoms. The summed E-state index contributed by atoms with van der Waals surface area (Å²) in [6.45, 7) is 14.7. The molecule has 2 N–H and O–H groups in total. The van der Waals surface area contributed by atoms with Crippen molar-refractivity contribution in [3.05, 3.63) is 0 Å². The standard InChI is InChI=1S/C19H41N5.HI/c1-5-18-12-8-10-16-24(18)17-14-22-19(20-4)21-13-9-11-15-23(6-2)7-3;/h18H,5-17H2,1-4H3,(H2,20,21,22);1H.